The monoisotopic (exact) mass is 151 g/mol. The molecule has 1 aliphatic heterocycles. The Morgan fingerprint density at radius 1 is 1.18 bits per heavy atom. The Bertz CT molecular complexity index is 149. The summed E-state index contributed by atoms with van der Waals surface area (Å²) in [5.74, 6) is 1.01. The lowest BCUT2D eigenvalue weighted by atomic mass is 9.96. The largest absolute Gasteiger partial charge is 0.308 e. The molecule has 0 spiro atoms. The molecule has 2 aliphatic rings. The van der Waals surface area contributed by atoms with Crippen molar-refractivity contribution in [1.29, 1.82) is 0 Å². The van der Waals surface area contributed by atoms with Gasteiger partial charge in [-0.1, -0.05) is 12.5 Å². The van der Waals surface area contributed by atoms with Gasteiger partial charge in [0.2, 0.25) is 0 Å². The van der Waals surface area contributed by atoms with Gasteiger partial charge < -0.3 is 5.32 Å². The number of hydrogen-bond acceptors (Lipinski definition) is 1. The van der Waals surface area contributed by atoms with E-state index in [1.54, 1.807) is 0 Å². The smallest absolute Gasteiger partial charge is 0.0250 e. The van der Waals surface area contributed by atoms with Crippen molar-refractivity contribution in [1.82, 2.24) is 5.32 Å². The van der Waals surface area contributed by atoms with Crippen molar-refractivity contribution < 1.29 is 0 Å². The van der Waals surface area contributed by atoms with Crippen LogP contribution < -0.4 is 5.32 Å². The third-order valence-electron chi connectivity index (χ3n) is 2.93. The molecule has 0 aromatic carbocycles. The fourth-order valence-electron chi connectivity index (χ4n) is 2.06. The molecule has 1 saturated carbocycles. The van der Waals surface area contributed by atoms with Gasteiger partial charge in [-0.25, -0.2) is 0 Å². The predicted molar refractivity (Wildman–Crippen MR) is 47.5 cm³/mol. The lowest BCUT2D eigenvalue weighted by Crippen LogP contribution is -2.42. The number of rotatable bonds is 2. The van der Waals surface area contributed by atoms with Crippen LogP contribution in [0.4, 0.5) is 0 Å². The highest BCUT2D eigenvalue weighted by Gasteiger charge is 2.33. The molecule has 0 radical (unpaired) electrons. The molecule has 1 nitrogen and oxygen atoms in total. The lowest BCUT2D eigenvalue weighted by Gasteiger charge is -2.29. The molecule has 2 atom stereocenters. The molecule has 0 bridgehead atoms. The van der Waals surface area contributed by atoms with Crippen LogP contribution in [0.15, 0.2) is 12.7 Å². The molecule has 11 heavy (non-hydrogen) atoms. The van der Waals surface area contributed by atoms with Gasteiger partial charge in [-0.05, 0) is 31.6 Å². The summed E-state index contributed by atoms with van der Waals surface area (Å²) in [7, 11) is 0. The average molecular weight is 151 g/mol. The summed E-state index contributed by atoms with van der Waals surface area (Å²) in [4.78, 5) is 0. The van der Waals surface area contributed by atoms with Crippen molar-refractivity contribution in [2.75, 3.05) is 0 Å². The topological polar surface area (TPSA) is 12.0 Å². The van der Waals surface area contributed by atoms with Crippen molar-refractivity contribution in [3.05, 3.63) is 12.7 Å². The third kappa shape index (κ3) is 1.64. The van der Waals surface area contributed by atoms with Crippen molar-refractivity contribution in [3.63, 3.8) is 0 Å². The van der Waals surface area contributed by atoms with Gasteiger partial charge in [0, 0.05) is 12.1 Å². The van der Waals surface area contributed by atoms with Crippen molar-refractivity contribution in [2.45, 2.75) is 44.2 Å². The van der Waals surface area contributed by atoms with Crippen LogP contribution in [0.5, 0.6) is 0 Å². The van der Waals surface area contributed by atoms with E-state index in [0.29, 0.717) is 6.04 Å². The van der Waals surface area contributed by atoms with Gasteiger partial charge >= 0.3 is 0 Å². The van der Waals surface area contributed by atoms with Gasteiger partial charge in [0.15, 0.2) is 0 Å². The molecule has 0 unspecified atom stereocenters. The van der Waals surface area contributed by atoms with Crippen LogP contribution in [-0.4, -0.2) is 12.1 Å². The number of nitrogens with one attached hydrogen (secondary N) is 1. The minimum atomic E-state index is 0.606. The summed E-state index contributed by atoms with van der Waals surface area (Å²) in [5, 5.41) is 3.65. The standard InChI is InChI=1S/C10H17N/c1-2-9-4-3-5-10(11-9)8-6-7-8/h2,8-11H,1,3-7H2/t9-,10-/m0/s1. The predicted octanol–water partition coefficient (Wildman–Crippen LogP) is 2.09. The summed E-state index contributed by atoms with van der Waals surface area (Å²) < 4.78 is 0. The Kier molecular flexibility index (Phi) is 1.99. The lowest BCUT2D eigenvalue weighted by molar-refractivity contribution is 0.328. The Balaban J connectivity index is 1.86. The van der Waals surface area contributed by atoms with Crippen LogP contribution in [0, 0.1) is 5.92 Å². The summed E-state index contributed by atoms with van der Waals surface area (Å²) >= 11 is 0. The van der Waals surface area contributed by atoms with E-state index >= 15 is 0 Å². The highest BCUT2D eigenvalue weighted by Crippen LogP contribution is 2.36. The minimum Gasteiger partial charge on any atom is -0.308 e. The molecule has 2 fully saturated rings. The quantitative estimate of drug-likeness (QED) is 0.596. The fourth-order valence-corrected chi connectivity index (χ4v) is 2.06. The Morgan fingerprint density at radius 2 is 2.00 bits per heavy atom. The molecule has 0 aromatic rings. The van der Waals surface area contributed by atoms with Crippen molar-refractivity contribution in [2.24, 2.45) is 5.92 Å². The van der Waals surface area contributed by atoms with Gasteiger partial charge in [-0.2, -0.15) is 0 Å². The van der Waals surface area contributed by atoms with E-state index in [9.17, 15) is 0 Å². The highest BCUT2D eigenvalue weighted by atomic mass is 15.0. The average Bonchev–Trinajstić information content (AvgIpc) is 2.87. The summed E-state index contributed by atoms with van der Waals surface area (Å²) in [6, 6.07) is 1.43. The summed E-state index contributed by atoms with van der Waals surface area (Å²) in [6.45, 7) is 3.84. The van der Waals surface area contributed by atoms with Gasteiger partial charge in [-0.15, -0.1) is 6.58 Å². The SMILES string of the molecule is C=C[C@H]1CCC[C@@H](C2CC2)N1. The van der Waals surface area contributed by atoms with Crippen LogP contribution in [-0.2, 0) is 0 Å². The zero-order valence-electron chi connectivity index (χ0n) is 7.05. The van der Waals surface area contributed by atoms with E-state index in [4.69, 9.17) is 0 Å². The van der Waals surface area contributed by atoms with Crippen LogP contribution >= 0.6 is 0 Å². The second-order valence-electron chi connectivity index (χ2n) is 3.88. The van der Waals surface area contributed by atoms with Gasteiger partial charge in [-0.3, -0.25) is 0 Å². The molecule has 0 aromatic heterocycles. The van der Waals surface area contributed by atoms with Crippen LogP contribution in [0.25, 0.3) is 0 Å². The minimum absolute atomic E-state index is 0.606. The Hall–Kier alpha value is -0.300. The summed E-state index contributed by atoms with van der Waals surface area (Å²) in [6.07, 6.45) is 9.07. The second kappa shape index (κ2) is 2.98. The maximum atomic E-state index is 3.84. The van der Waals surface area contributed by atoms with Crippen LogP contribution in [0.1, 0.15) is 32.1 Å². The molecular weight excluding hydrogens is 134 g/mol. The van der Waals surface area contributed by atoms with E-state index in [1.165, 1.54) is 32.1 Å². The maximum absolute atomic E-state index is 3.84. The maximum Gasteiger partial charge on any atom is 0.0250 e. The van der Waals surface area contributed by atoms with Crippen molar-refractivity contribution in [3.8, 4) is 0 Å². The molecule has 2 rings (SSSR count). The fraction of sp³-hybridized carbons (Fsp3) is 0.800. The second-order valence-corrected chi connectivity index (χ2v) is 3.88. The molecular formula is C10H17N. The third-order valence-corrected chi connectivity index (χ3v) is 2.93. The molecule has 1 saturated heterocycles. The zero-order valence-corrected chi connectivity index (χ0v) is 7.05. The van der Waals surface area contributed by atoms with Crippen LogP contribution in [0.2, 0.25) is 0 Å². The molecule has 1 N–H and O–H groups in total. The van der Waals surface area contributed by atoms with Crippen molar-refractivity contribution >= 4 is 0 Å². The molecule has 1 aliphatic carbocycles. The number of piperidine rings is 1. The normalized spacial score (nSPS) is 38.5. The van der Waals surface area contributed by atoms with E-state index < -0.39 is 0 Å². The van der Waals surface area contributed by atoms with E-state index in [1.807, 2.05) is 0 Å². The Morgan fingerprint density at radius 3 is 2.64 bits per heavy atom. The number of hydrogen-bond donors (Lipinski definition) is 1. The first-order valence-electron chi connectivity index (χ1n) is 4.79. The first-order chi connectivity index (χ1) is 5.40. The van der Waals surface area contributed by atoms with Crippen LogP contribution in [0.3, 0.4) is 0 Å². The van der Waals surface area contributed by atoms with Gasteiger partial charge in [0.05, 0.1) is 0 Å². The van der Waals surface area contributed by atoms with E-state index in [2.05, 4.69) is 18.0 Å². The van der Waals surface area contributed by atoms with E-state index in [0.717, 1.165) is 12.0 Å². The van der Waals surface area contributed by atoms with Gasteiger partial charge in [0.25, 0.3) is 0 Å². The molecule has 1 heterocycles. The highest BCUT2D eigenvalue weighted by molar-refractivity contribution is 4.96. The zero-order chi connectivity index (χ0) is 7.68. The molecule has 1 heteroatoms. The van der Waals surface area contributed by atoms with Gasteiger partial charge in [0.1, 0.15) is 0 Å². The first-order valence-corrected chi connectivity index (χ1v) is 4.79. The summed E-state index contributed by atoms with van der Waals surface area (Å²) in [5.41, 5.74) is 0. The molecule has 62 valence electrons. The first kappa shape index (κ1) is 7.35. The van der Waals surface area contributed by atoms with E-state index in [-0.39, 0.29) is 0 Å². The Labute approximate surface area is 68.9 Å². The molecule has 0 amide bonds.